The third kappa shape index (κ3) is 2.83. The van der Waals surface area contributed by atoms with E-state index in [-0.39, 0.29) is 21.6 Å². The molecule has 2 aromatic rings. The number of carboxylic acid groups (broad SMARTS) is 1. The molecule has 1 saturated carbocycles. The van der Waals surface area contributed by atoms with Gasteiger partial charge in [-0.3, -0.25) is 4.79 Å². The van der Waals surface area contributed by atoms with Crippen molar-refractivity contribution in [3.8, 4) is 11.5 Å². The zero-order valence-electron chi connectivity index (χ0n) is 14.3. The molecule has 0 saturated heterocycles. The summed E-state index contributed by atoms with van der Waals surface area (Å²) >= 11 is 2.94. The number of alkyl halides is 3. The molecule has 3 unspecified atom stereocenters. The molecule has 1 fully saturated rings. The third-order valence-corrected chi connectivity index (χ3v) is 6.55. The molecule has 4 rings (SSSR count). The Hall–Kier alpha value is -2.02. The molecule has 3 atom stereocenters. The molecule has 0 heterocycles. The van der Waals surface area contributed by atoms with E-state index >= 15 is 0 Å². The standard InChI is InChI=1S/C20H16BrF3O3/c1-10-17(18(25)26)19(10)7-6-11-2-3-12(8-15(11)19)27-13-4-5-14(16(21)9-13)20(22,23)24/h2-5,8-10,17H,6-7H2,1H3,(H,25,26). The van der Waals surface area contributed by atoms with Crippen molar-refractivity contribution in [1.29, 1.82) is 0 Å². The van der Waals surface area contributed by atoms with Crippen molar-refractivity contribution in [3.05, 3.63) is 57.6 Å². The Balaban J connectivity index is 1.63. The van der Waals surface area contributed by atoms with Gasteiger partial charge in [-0.05, 0) is 60.2 Å². The van der Waals surface area contributed by atoms with Crippen LogP contribution in [0.15, 0.2) is 40.9 Å². The molecule has 7 heteroatoms. The van der Waals surface area contributed by atoms with Crippen LogP contribution in [0.25, 0.3) is 0 Å². The number of aliphatic carboxylic acids is 1. The first-order valence-corrected chi connectivity index (χ1v) is 9.34. The van der Waals surface area contributed by atoms with E-state index in [1.807, 2.05) is 19.1 Å². The molecule has 0 aliphatic heterocycles. The van der Waals surface area contributed by atoms with Crippen LogP contribution in [-0.2, 0) is 22.8 Å². The number of rotatable bonds is 3. The van der Waals surface area contributed by atoms with Gasteiger partial charge >= 0.3 is 12.1 Å². The number of hydrogen-bond donors (Lipinski definition) is 1. The minimum Gasteiger partial charge on any atom is -0.481 e. The Morgan fingerprint density at radius 1 is 1.22 bits per heavy atom. The van der Waals surface area contributed by atoms with Crippen molar-refractivity contribution < 1.29 is 27.8 Å². The maximum absolute atomic E-state index is 12.9. The number of hydrogen-bond acceptors (Lipinski definition) is 2. The summed E-state index contributed by atoms with van der Waals surface area (Å²) in [5.74, 6) is -0.348. The molecule has 0 radical (unpaired) electrons. The van der Waals surface area contributed by atoms with E-state index in [0.717, 1.165) is 30.0 Å². The van der Waals surface area contributed by atoms with Gasteiger partial charge in [0.2, 0.25) is 0 Å². The zero-order chi connectivity index (χ0) is 19.6. The van der Waals surface area contributed by atoms with E-state index in [0.29, 0.717) is 5.75 Å². The normalized spacial score (nSPS) is 26.1. The molecule has 27 heavy (non-hydrogen) atoms. The van der Waals surface area contributed by atoms with Crippen LogP contribution in [0.4, 0.5) is 13.2 Å². The van der Waals surface area contributed by atoms with Crippen LogP contribution < -0.4 is 4.74 Å². The molecule has 2 aliphatic carbocycles. The van der Waals surface area contributed by atoms with E-state index < -0.39 is 23.6 Å². The first-order chi connectivity index (χ1) is 12.6. The predicted octanol–water partition coefficient (Wildman–Crippen LogP) is 5.79. The van der Waals surface area contributed by atoms with Gasteiger partial charge in [-0.1, -0.05) is 28.9 Å². The smallest absolute Gasteiger partial charge is 0.417 e. The van der Waals surface area contributed by atoms with E-state index in [9.17, 15) is 23.1 Å². The summed E-state index contributed by atoms with van der Waals surface area (Å²) in [6.07, 6.45) is -2.81. The fourth-order valence-electron chi connectivity index (χ4n) is 4.53. The molecule has 142 valence electrons. The monoisotopic (exact) mass is 440 g/mol. The summed E-state index contributed by atoms with van der Waals surface area (Å²) in [6, 6.07) is 9.06. The van der Waals surface area contributed by atoms with Crippen molar-refractivity contribution in [1.82, 2.24) is 0 Å². The van der Waals surface area contributed by atoms with Crippen molar-refractivity contribution in [2.75, 3.05) is 0 Å². The van der Waals surface area contributed by atoms with Crippen molar-refractivity contribution >= 4 is 21.9 Å². The molecular formula is C20H16BrF3O3. The number of benzene rings is 2. The van der Waals surface area contributed by atoms with Gasteiger partial charge < -0.3 is 9.84 Å². The minimum absolute atomic E-state index is 0.0618. The summed E-state index contributed by atoms with van der Waals surface area (Å²) in [5.41, 5.74) is 0.998. The zero-order valence-corrected chi connectivity index (χ0v) is 15.9. The second-order valence-corrected chi connectivity index (χ2v) is 8.06. The number of carboxylic acids is 1. The maximum Gasteiger partial charge on any atom is 0.417 e. The number of halogens is 4. The first-order valence-electron chi connectivity index (χ1n) is 8.55. The van der Waals surface area contributed by atoms with Crippen molar-refractivity contribution in [2.45, 2.75) is 31.4 Å². The molecule has 0 aromatic heterocycles. The van der Waals surface area contributed by atoms with Crippen molar-refractivity contribution in [3.63, 3.8) is 0 Å². The highest BCUT2D eigenvalue weighted by molar-refractivity contribution is 9.10. The average Bonchev–Trinajstić information content (AvgIpc) is 2.99. The lowest BCUT2D eigenvalue weighted by atomic mass is 9.93. The molecule has 1 spiro atoms. The van der Waals surface area contributed by atoms with Crippen LogP contribution >= 0.6 is 15.9 Å². The molecule has 1 N–H and O–H groups in total. The summed E-state index contributed by atoms with van der Waals surface area (Å²) in [4.78, 5) is 11.5. The Bertz CT molecular complexity index is 941. The van der Waals surface area contributed by atoms with Crippen LogP contribution in [-0.4, -0.2) is 11.1 Å². The van der Waals surface area contributed by atoms with E-state index in [4.69, 9.17) is 4.74 Å². The minimum atomic E-state index is -4.44. The van der Waals surface area contributed by atoms with Gasteiger partial charge in [0.1, 0.15) is 11.5 Å². The molecular weight excluding hydrogens is 425 g/mol. The first kappa shape index (κ1) is 18.3. The second kappa shape index (κ2) is 5.99. The van der Waals surface area contributed by atoms with Gasteiger partial charge in [0.05, 0.1) is 11.5 Å². The average molecular weight is 441 g/mol. The van der Waals surface area contributed by atoms with E-state index in [1.54, 1.807) is 6.07 Å². The van der Waals surface area contributed by atoms with Gasteiger partial charge in [0.25, 0.3) is 0 Å². The molecule has 2 aromatic carbocycles. The third-order valence-electron chi connectivity index (χ3n) is 5.90. The Morgan fingerprint density at radius 2 is 1.89 bits per heavy atom. The lowest BCUT2D eigenvalue weighted by Gasteiger charge is -2.14. The molecule has 2 aliphatic rings. The second-order valence-electron chi connectivity index (χ2n) is 7.21. The quantitative estimate of drug-likeness (QED) is 0.656. The number of carbonyl (C=O) groups is 1. The molecule has 0 amide bonds. The Labute approximate surface area is 162 Å². The van der Waals surface area contributed by atoms with Crippen LogP contribution in [0.3, 0.4) is 0 Å². The fraction of sp³-hybridized carbons (Fsp3) is 0.350. The van der Waals surface area contributed by atoms with E-state index in [1.165, 1.54) is 12.1 Å². The largest absolute Gasteiger partial charge is 0.481 e. The molecule has 3 nitrogen and oxygen atoms in total. The van der Waals surface area contributed by atoms with Crippen LogP contribution in [0, 0.1) is 11.8 Å². The lowest BCUT2D eigenvalue weighted by Crippen LogP contribution is -2.11. The van der Waals surface area contributed by atoms with Crippen LogP contribution in [0.1, 0.15) is 30.0 Å². The van der Waals surface area contributed by atoms with Gasteiger partial charge in [0.15, 0.2) is 0 Å². The highest BCUT2D eigenvalue weighted by Crippen LogP contribution is 2.66. The van der Waals surface area contributed by atoms with Crippen molar-refractivity contribution in [2.24, 2.45) is 11.8 Å². The van der Waals surface area contributed by atoms with Gasteiger partial charge in [-0.25, -0.2) is 0 Å². The summed E-state index contributed by atoms with van der Waals surface area (Å²) in [7, 11) is 0. The van der Waals surface area contributed by atoms with Gasteiger partial charge in [0, 0.05) is 9.89 Å². The fourth-order valence-corrected chi connectivity index (χ4v) is 5.11. The van der Waals surface area contributed by atoms with E-state index in [2.05, 4.69) is 15.9 Å². The SMILES string of the molecule is CC1C(C(=O)O)C12CCc1ccc(Oc3ccc(C(F)(F)F)c(Br)c3)cc12. The topological polar surface area (TPSA) is 46.5 Å². The Kier molecular flexibility index (Phi) is 4.07. The predicted molar refractivity (Wildman–Crippen MR) is 95.9 cm³/mol. The highest BCUT2D eigenvalue weighted by Gasteiger charge is 2.68. The number of aryl methyl sites for hydroxylation is 1. The lowest BCUT2D eigenvalue weighted by molar-refractivity contribution is -0.139. The summed E-state index contributed by atoms with van der Waals surface area (Å²) in [5, 5.41) is 9.47. The summed E-state index contributed by atoms with van der Waals surface area (Å²) in [6.45, 7) is 1.95. The number of ether oxygens (including phenoxy) is 1. The van der Waals surface area contributed by atoms with Gasteiger partial charge in [-0.15, -0.1) is 0 Å². The highest BCUT2D eigenvalue weighted by atomic mass is 79.9. The Morgan fingerprint density at radius 3 is 2.48 bits per heavy atom. The summed E-state index contributed by atoms with van der Waals surface area (Å²) < 4.78 is 44.3. The van der Waals surface area contributed by atoms with Gasteiger partial charge in [-0.2, -0.15) is 13.2 Å². The maximum atomic E-state index is 12.9. The van der Waals surface area contributed by atoms with Crippen LogP contribution in [0.5, 0.6) is 11.5 Å². The van der Waals surface area contributed by atoms with Crippen LogP contribution in [0.2, 0.25) is 0 Å². The molecule has 0 bridgehead atoms. The number of fused-ring (bicyclic) bond motifs is 2.